The molecule has 1 saturated heterocycles. The summed E-state index contributed by atoms with van der Waals surface area (Å²) in [4.78, 5) is 14.0. The van der Waals surface area contributed by atoms with Crippen molar-refractivity contribution < 1.29 is 79.6 Å². The fourth-order valence-corrected chi connectivity index (χ4v) is 1.79. The molecule has 11 N–H and O–H groups in total. The number of morpholine rings is 1. The summed E-state index contributed by atoms with van der Waals surface area (Å²) in [7, 11) is -18.7. The summed E-state index contributed by atoms with van der Waals surface area (Å²) in [6.07, 6.45) is 0.929. The Morgan fingerprint density at radius 2 is 1.11 bits per heavy atom. The summed E-state index contributed by atoms with van der Waals surface area (Å²) < 4.78 is 132. The molecule has 0 aromatic carbocycles. The highest BCUT2D eigenvalue weighted by Gasteiger charge is 2.19. The highest BCUT2D eigenvalue weighted by molar-refractivity contribution is 7.80. The van der Waals surface area contributed by atoms with Crippen molar-refractivity contribution in [1.82, 2.24) is 10.2 Å². The van der Waals surface area contributed by atoms with Gasteiger partial charge in [0.2, 0.25) is 5.91 Å². The molecule has 1 heterocycles. The van der Waals surface area contributed by atoms with Gasteiger partial charge in [0.15, 0.2) is 0 Å². The van der Waals surface area contributed by atoms with Crippen LogP contribution in [0.5, 0.6) is 0 Å². The molecule has 0 radical (unpaired) electrons. The molecule has 2 atom stereocenters. The average molecular weight is 636 g/mol. The zero-order valence-corrected chi connectivity index (χ0v) is 22.7. The van der Waals surface area contributed by atoms with E-state index in [9.17, 15) is 4.79 Å². The highest BCUT2D eigenvalue weighted by atomic mass is 32.3. The number of nitrogens with zero attached hydrogens (tertiary/aromatic N) is 1. The minimum Gasteiger partial charge on any atom is -0.379 e. The van der Waals surface area contributed by atoms with E-state index in [0.717, 1.165) is 39.3 Å². The number of hydrogen-bond donors (Lipinski definition) is 10. The summed E-state index contributed by atoms with van der Waals surface area (Å²) in [5.74, 6) is 0.200. The van der Waals surface area contributed by atoms with Crippen LogP contribution >= 0.6 is 0 Å². The molecule has 0 saturated carbocycles. The first-order valence-corrected chi connectivity index (χ1v) is 14.9. The maximum absolute atomic E-state index is 11.7. The van der Waals surface area contributed by atoms with Crippen LogP contribution in [0.3, 0.4) is 0 Å². The Kier molecular flexibility index (Phi) is 24.1. The van der Waals surface area contributed by atoms with Gasteiger partial charge in [-0.3, -0.25) is 46.1 Å². The number of amides is 1. The van der Waals surface area contributed by atoms with Gasteiger partial charge in [-0.15, -0.1) is 0 Å². The number of carbonyl (C=O) groups is 1. The van der Waals surface area contributed by atoms with Gasteiger partial charge in [-0.25, -0.2) is 0 Å². The summed E-state index contributed by atoms with van der Waals surface area (Å²) in [6, 6.07) is -0.385. The molecule has 25 heteroatoms. The van der Waals surface area contributed by atoms with E-state index in [1.807, 2.05) is 13.8 Å². The molecule has 0 aromatic rings. The van der Waals surface area contributed by atoms with Crippen molar-refractivity contribution in [3.63, 3.8) is 0 Å². The third kappa shape index (κ3) is 72.0. The molecular weight excluding hydrogens is 602 g/mol. The average Bonchev–Trinajstić information content (AvgIpc) is 2.62. The minimum atomic E-state index is -4.67. The predicted molar refractivity (Wildman–Crippen MR) is 124 cm³/mol. The molecule has 1 amide bonds. The van der Waals surface area contributed by atoms with Crippen LogP contribution in [0.1, 0.15) is 20.3 Å². The predicted octanol–water partition coefficient (Wildman–Crippen LogP) is -2.80. The van der Waals surface area contributed by atoms with E-state index in [2.05, 4.69) is 10.2 Å². The lowest BCUT2D eigenvalue weighted by molar-refractivity contribution is -0.123. The van der Waals surface area contributed by atoms with E-state index in [4.69, 9.17) is 80.6 Å². The lowest BCUT2D eigenvalue weighted by atomic mass is 9.99. The van der Waals surface area contributed by atoms with Gasteiger partial charge in [0.25, 0.3) is 0 Å². The molecule has 1 fully saturated rings. The zero-order chi connectivity index (χ0) is 30.7. The molecule has 37 heavy (non-hydrogen) atoms. The Hall–Kier alpha value is -1.17. The smallest absolute Gasteiger partial charge is 0.379 e. The van der Waals surface area contributed by atoms with Crippen molar-refractivity contribution in [2.45, 2.75) is 26.3 Å². The molecule has 1 aliphatic heterocycles. The van der Waals surface area contributed by atoms with E-state index < -0.39 is 41.6 Å². The van der Waals surface area contributed by atoms with Gasteiger partial charge >= 0.3 is 41.6 Å². The molecule has 1 rings (SSSR count). The van der Waals surface area contributed by atoms with Crippen molar-refractivity contribution in [3.05, 3.63) is 0 Å². The fourth-order valence-electron chi connectivity index (χ4n) is 1.79. The van der Waals surface area contributed by atoms with Crippen LogP contribution in [0, 0.1) is 5.92 Å². The van der Waals surface area contributed by atoms with E-state index in [1.165, 1.54) is 0 Å². The summed E-state index contributed by atoms with van der Waals surface area (Å²) in [5.41, 5.74) is 5.84. The van der Waals surface area contributed by atoms with Crippen LogP contribution in [0.4, 0.5) is 0 Å². The molecule has 1 aliphatic rings. The standard InChI is InChI=1S/C12H25N3O2.4H2O4S/c1-3-10(2)11(13)12(16)14-4-5-15-6-8-17-9-7-15;4*1-5(2,3)4/h10-11H,3-9,13H2,1-2H3,(H,14,16);4*(H2,1,2,3,4). The van der Waals surface area contributed by atoms with Crippen LogP contribution < -0.4 is 11.1 Å². The van der Waals surface area contributed by atoms with E-state index in [-0.39, 0.29) is 17.9 Å². The SMILES string of the molecule is CCC(C)C(N)C(=O)NCCN1CCOCC1.O=S(=O)(O)O.O=S(=O)(O)O.O=S(=O)(O)O.O=S(=O)(O)O. The normalized spacial score (nSPS) is 15.9. The van der Waals surface area contributed by atoms with E-state index in [0.29, 0.717) is 6.54 Å². The molecule has 0 aromatic heterocycles. The molecule has 228 valence electrons. The summed E-state index contributed by atoms with van der Waals surface area (Å²) in [6.45, 7) is 9.09. The number of hydrogen-bond acceptors (Lipinski definition) is 12. The zero-order valence-electron chi connectivity index (χ0n) is 19.4. The Balaban J connectivity index is -0.000000223. The van der Waals surface area contributed by atoms with E-state index in [1.54, 1.807) is 0 Å². The van der Waals surface area contributed by atoms with Gasteiger partial charge in [-0.1, -0.05) is 20.3 Å². The quantitative estimate of drug-likeness (QED) is 0.132. The molecule has 0 spiro atoms. The number of rotatable bonds is 6. The summed E-state index contributed by atoms with van der Waals surface area (Å²) >= 11 is 0. The van der Waals surface area contributed by atoms with Crippen LogP contribution in [0.25, 0.3) is 0 Å². The highest BCUT2D eigenvalue weighted by Crippen LogP contribution is 2.04. The Labute approximate surface area is 214 Å². The molecule has 2 unspecified atom stereocenters. The largest absolute Gasteiger partial charge is 0.394 e. The van der Waals surface area contributed by atoms with Gasteiger partial charge in [-0.2, -0.15) is 33.7 Å². The molecule has 21 nitrogen and oxygen atoms in total. The van der Waals surface area contributed by atoms with Gasteiger partial charge in [0, 0.05) is 26.2 Å². The minimum absolute atomic E-state index is 0.0346. The van der Waals surface area contributed by atoms with Gasteiger partial charge in [0.1, 0.15) is 0 Å². The van der Waals surface area contributed by atoms with Crippen molar-refractivity contribution in [3.8, 4) is 0 Å². The fraction of sp³-hybridized carbons (Fsp3) is 0.917. The van der Waals surface area contributed by atoms with Gasteiger partial charge in [-0.05, 0) is 5.92 Å². The first-order chi connectivity index (χ1) is 16.1. The Morgan fingerprint density at radius 1 is 0.811 bits per heavy atom. The first kappa shape index (κ1) is 42.9. The van der Waals surface area contributed by atoms with Crippen molar-refractivity contribution in [2.75, 3.05) is 39.4 Å². The van der Waals surface area contributed by atoms with Crippen molar-refractivity contribution in [1.29, 1.82) is 0 Å². The molecular formula is C12H33N3O18S4. The van der Waals surface area contributed by atoms with E-state index >= 15 is 0 Å². The maximum atomic E-state index is 11.7. The third-order valence-electron chi connectivity index (χ3n) is 3.39. The second-order valence-corrected chi connectivity index (χ2v) is 10.0. The Bertz CT molecular complexity index is 870. The number of carbonyl (C=O) groups excluding carboxylic acids is 1. The van der Waals surface area contributed by atoms with Crippen LogP contribution in [-0.2, 0) is 51.1 Å². The number of nitrogens with two attached hydrogens (primary N) is 1. The van der Waals surface area contributed by atoms with Crippen molar-refractivity contribution >= 4 is 47.5 Å². The molecule has 0 aliphatic carbocycles. The van der Waals surface area contributed by atoms with Gasteiger partial charge in [0.05, 0.1) is 19.3 Å². The lowest BCUT2D eigenvalue weighted by Gasteiger charge is -2.27. The first-order valence-electron chi connectivity index (χ1n) is 9.28. The lowest BCUT2D eigenvalue weighted by Crippen LogP contribution is -2.47. The monoisotopic (exact) mass is 635 g/mol. The topological polar surface area (TPSA) is 366 Å². The van der Waals surface area contributed by atoms with Gasteiger partial charge < -0.3 is 15.8 Å². The third-order valence-corrected chi connectivity index (χ3v) is 3.39. The number of ether oxygens (including phenoxy) is 1. The van der Waals surface area contributed by atoms with Crippen LogP contribution in [0.15, 0.2) is 0 Å². The molecule has 0 bridgehead atoms. The van der Waals surface area contributed by atoms with Crippen LogP contribution in [0.2, 0.25) is 0 Å². The summed E-state index contributed by atoms with van der Waals surface area (Å²) in [5, 5.41) is 2.90. The second-order valence-electron chi connectivity index (χ2n) is 6.45. The number of nitrogens with one attached hydrogen (secondary N) is 1. The van der Waals surface area contributed by atoms with Crippen molar-refractivity contribution in [2.24, 2.45) is 11.7 Å². The van der Waals surface area contributed by atoms with Crippen LogP contribution in [-0.4, -0.2) is 126 Å². The second kappa shape index (κ2) is 20.7. The maximum Gasteiger partial charge on any atom is 0.394 e. The Morgan fingerprint density at radius 3 is 1.38 bits per heavy atom.